The molecule has 0 unspecified atom stereocenters. The van der Waals surface area contributed by atoms with E-state index in [2.05, 4.69) is 157 Å². The van der Waals surface area contributed by atoms with Crippen molar-refractivity contribution >= 4 is 48.3 Å². The molecule has 6 aromatic carbocycles. The maximum Gasteiger partial charge on any atom is 0.0319 e. The molecule has 214 valence electrons. The summed E-state index contributed by atoms with van der Waals surface area (Å²) in [5.74, 6) is 0. The fourth-order valence-corrected chi connectivity index (χ4v) is 14.3. The van der Waals surface area contributed by atoms with Gasteiger partial charge in [-0.1, -0.05) is 147 Å². The van der Waals surface area contributed by atoms with Crippen LogP contribution in [0.3, 0.4) is 0 Å². The molecular weight excluding hydrogens is 556 g/mol. The standard InChI is InChI=1S/C40H39NP2/c1-2-3-28-41(43-39(33-16-6-4-7-17-33)26-27-40(43)34-18-8-5-9-19-34)42(37-24-22-31-14-10-12-20-35(31)29-37)38-25-23-32-15-11-13-21-36(32)30-38/h4-25,29-30,39-40H,2-3,26-28H2,1H3/t39-,40-/m0/s1. The highest BCUT2D eigenvalue weighted by Gasteiger charge is 2.44. The van der Waals surface area contributed by atoms with Crippen molar-refractivity contribution in [1.82, 2.24) is 4.44 Å². The quantitative estimate of drug-likeness (QED) is 0.150. The van der Waals surface area contributed by atoms with Gasteiger partial charge in [-0.25, -0.2) is 0 Å². The minimum absolute atomic E-state index is 0.510. The van der Waals surface area contributed by atoms with Gasteiger partial charge in [0.25, 0.3) is 0 Å². The van der Waals surface area contributed by atoms with E-state index in [1.165, 1.54) is 69.0 Å². The molecule has 1 heterocycles. The zero-order valence-corrected chi connectivity index (χ0v) is 26.7. The Bertz CT molecular complexity index is 1680. The number of benzene rings is 6. The van der Waals surface area contributed by atoms with Crippen molar-refractivity contribution < 1.29 is 0 Å². The molecule has 0 spiro atoms. The van der Waals surface area contributed by atoms with Gasteiger partial charge >= 0.3 is 0 Å². The summed E-state index contributed by atoms with van der Waals surface area (Å²) in [6, 6.07) is 55.1. The first-order valence-electron chi connectivity index (χ1n) is 15.7. The van der Waals surface area contributed by atoms with Crippen molar-refractivity contribution in [3.63, 3.8) is 0 Å². The van der Waals surface area contributed by atoms with Crippen molar-refractivity contribution in [1.29, 1.82) is 0 Å². The van der Waals surface area contributed by atoms with E-state index in [1.807, 2.05) is 0 Å². The predicted octanol–water partition coefficient (Wildman–Crippen LogP) is 11.1. The first kappa shape index (κ1) is 28.4. The van der Waals surface area contributed by atoms with Crippen molar-refractivity contribution in [2.75, 3.05) is 6.54 Å². The molecule has 0 amide bonds. The van der Waals surface area contributed by atoms with Crippen molar-refractivity contribution in [2.45, 2.75) is 43.9 Å². The summed E-state index contributed by atoms with van der Waals surface area (Å²) in [4.78, 5) is 0. The third-order valence-corrected chi connectivity index (χ3v) is 15.4. The Labute approximate surface area is 259 Å². The van der Waals surface area contributed by atoms with Crippen molar-refractivity contribution in [3.05, 3.63) is 157 Å². The van der Waals surface area contributed by atoms with Gasteiger partial charge in [-0.05, 0) is 82.7 Å². The summed E-state index contributed by atoms with van der Waals surface area (Å²) in [6.45, 7) is 3.47. The predicted molar refractivity (Wildman–Crippen MR) is 190 cm³/mol. The summed E-state index contributed by atoms with van der Waals surface area (Å²) in [5.41, 5.74) is 4.15. The maximum atomic E-state index is 3.05. The summed E-state index contributed by atoms with van der Waals surface area (Å²) in [7, 11) is -1.27. The number of unbranched alkanes of at least 4 members (excludes halogenated alkanes) is 1. The summed E-state index contributed by atoms with van der Waals surface area (Å²) < 4.78 is 3.05. The zero-order valence-electron chi connectivity index (χ0n) is 24.9. The molecule has 1 saturated heterocycles. The second-order valence-electron chi connectivity index (χ2n) is 11.6. The number of hydrogen-bond acceptors (Lipinski definition) is 1. The highest BCUT2D eigenvalue weighted by molar-refractivity contribution is 7.79. The van der Waals surface area contributed by atoms with Gasteiger partial charge in [0, 0.05) is 25.9 Å². The van der Waals surface area contributed by atoms with Gasteiger partial charge in [0.1, 0.15) is 0 Å². The minimum Gasteiger partial charge on any atom is -0.251 e. The van der Waals surface area contributed by atoms with E-state index in [4.69, 9.17) is 0 Å². The highest BCUT2D eigenvalue weighted by atomic mass is 31.2. The van der Waals surface area contributed by atoms with Crippen LogP contribution in [0, 0.1) is 0 Å². The molecule has 7 rings (SSSR count). The molecule has 2 atom stereocenters. The maximum absolute atomic E-state index is 3.05. The summed E-state index contributed by atoms with van der Waals surface area (Å²) >= 11 is 0. The Morgan fingerprint density at radius 3 is 1.47 bits per heavy atom. The van der Waals surface area contributed by atoms with Crippen LogP contribution in [0.15, 0.2) is 146 Å². The van der Waals surface area contributed by atoms with Crippen LogP contribution in [-0.4, -0.2) is 11.0 Å². The molecule has 0 saturated carbocycles. The number of hydrogen-bond donors (Lipinski definition) is 0. The van der Waals surface area contributed by atoms with Crippen molar-refractivity contribution in [3.8, 4) is 0 Å². The van der Waals surface area contributed by atoms with Crippen LogP contribution < -0.4 is 10.6 Å². The molecule has 1 aliphatic rings. The van der Waals surface area contributed by atoms with E-state index in [0.717, 1.165) is 6.54 Å². The Balaban J connectivity index is 1.44. The van der Waals surface area contributed by atoms with Crippen LogP contribution in [0.5, 0.6) is 0 Å². The SMILES string of the molecule is CCCCN(P(c1ccc2ccccc2c1)c1ccc2ccccc2c1)P1[C@H](c2ccccc2)CC[C@H]1c1ccccc1. The fraction of sp³-hybridized carbons (Fsp3) is 0.200. The molecule has 0 bridgehead atoms. The Morgan fingerprint density at radius 1 is 0.558 bits per heavy atom. The van der Waals surface area contributed by atoms with Gasteiger partial charge in [0.15, 0.2) is 0 Å². The first-order valence-corrected chi connectivity index (χ1v) is 18.5. The second-order valence-corrected chi connectivity index (χ2v) is 16.6. The topological polar surface area (TPSA) is 3.24 Å². The van der Waals surface area contributed by atoms with E-state index in [-0.39, 0.29) is 0 Å². The van der Waals surface area contributed by atoms with Crippen LogP contribution in [0.1, 0.15) is 55.1 Å². The van der Waals surface area contributed by atoms with Crippen LogP contribution in [-0.2, 0) is 0 Å². The third-order valence-electron chi connectivity index (χ3n) is 8.89. The van der Waals surface area contributed by atoms with Crippen molar-refractivity contribution in [2.24, 2.45) is 0 Å². The van der Waals surface area contributed by atoms with Gasteiger partial charge in [0.05, 0.1) is 0 Å². The normalized spacial score (nSPS) is 17.4. The number of nitrogens with zero attached hydrogens (tertiary/aromatic N) is 1. The Morgan fingerprint density at radius 2 is 1.00 bits per heavy atom. The van der Waals surface area contributed by atoms with Gasteiger partial charge in [-0.3, -0.25) is 4.44 Å². The van der Waals surface area contributed by atoms with E-state index >= 15 is 0 Å². The van der Waals surface area contributed by atoms with E-state index < -0.39 is 16.1 Å². The molecule has 0 radical (unpaired) electrons. The minimum atomic E-state index is -0.755. The van der Waals surface area contributed by atoms with Crippen LogP contribution in [0.4, 0.5) is 0 Å². The molecule has 0 aliphatic carbocycles. The molecule has 0 aromatic heterocycles. The molecule has 1 fully saturated rings. The van der Waals surface area contributed by atoms with Gasteiger partial charge in [-0.2, -0.15) is 0 Å². The van der Waals surface area contributed by atoms with Gasteiger partial charge in [-0.15, -0.1) is 0 Å². The Hall–Kier alpha value is -3.34. The molecular formula is C40H39NP2. The lowest BCUT2D eigenvalue weighted by atomic mass is 10.0. The molecule has 0 N–H and O–H groups in total. The molecule has 1 aliphatic heterocycles. The highest BCUT2D eigenvalue weighted by Crippen LogP contribution is 2.76. The van der Waals surface area contributed by atoms with Gasteiger partial charge < -0.3 is 0 Å². The van der Waals surface area contributed by atoms with E-state index in [1.54, 1.807) is 0 Å². The van der Waals surface area contributed by atoms with Crippen LogP contribution in [0.2, 0.25) is 0 Å². The number of rotatable bonds is 9. The lowest BCUT2D eigenvalue weighted by molar-refractivity contribution is 0.632. The first-order chi connectivity index (χ1) is 21.3. The third kappa shape index (κ3) is 5.92. The summed E-state index contributed by atoms with van der Waals surface area (Å²) in [6.07, 6.45) is 4.90. The zero-order chi connectivity index (χ0) is 29.0. The molecule has 6 aromatic rings. The lowest BCUT2D eigenvalue weighted by Gasteiger charge is -2.42. The van der Waals surface area contributed by atoms with E-state index in [0.29, 0.717) is 11.3 Å². The monoisotopic (exact) mass is 595 g/mol. The average molecular weight is 596 g/mol. The fourth-order valence-electron chi connectivity index (χ4n) is 6.76. The number of fused-ring (bicyclic) bond motifs is 2. The Kier molecular flexibility index (Phi) is 8.67. The second kappa shape index (κ2) is 13.1. The van der Waals surface area contributed by atoms with Crippen LogP contribution in [0.25, 0.3) is 21.5 Å². The lowest BCUT2D eigenvalue weighted by Crippen LogP contribution is -2.28. The smallest absolute Gasteiger partial charge is 0.0319 e. The molecule has 43 heavy (non-hydrogen) atoms. The average Bonchev–Trinajstić information content (AvgIpc) is 3.52. The largest absolute Gasteiger partial charge is 0.251 e. The van der Waals surface area contributed by atoms with E-state index in [9.17, 15) is 0 Å². The van der Waals surface area contributed by atoms with Gasteiger partial charge in [0.2, 0.25) is 0 Å². The molecule has 1 nitrogen and oxygen atoms in total. The summed E-state index contributed by atoms with van der Waals surface area (Å²) in [5, 5.41) is 8.23. The van der Waals surface area contributed by atoms with Crippen LogP contribution >= 0.6 is 16.1 Å². The molecule has 3 heteroatoms.